The fourth-order valence-electron chi connectivity index (χ4n) is 1.72. The van der Waals surface area contributed by atoms with Gasteiger partial charge in [-0.15, -0.1) is 0 Å². The third kappa shape index (κ3) is 2.43. The highest BCUT2D eigenvalue weighted by atomic mass is 16.5. The minimum Gasteiger partial charge on any atom is -0.482 e. The SMILES string of the molecule is CNCC(=O)Nc1ccc2c(c1)N(C)C(=O)CO2. The molecule has 1 aromatic rings. The number of nitrogens with one attached hydrogen (secondary N) is 2. The van der Waals surface area contributed by atoms with Gasteiger partial charge in [-0.3, -0.25) is 9.59 Å². The molecule has 2 amide bonds. The molecule has 96 valence electrons. The molecule has 2 N–H and O–H groups in total. The quantitative estimate of drug-likeness (QED) is 0.802. The zero-order chi connectivity index (χ0) is 13.1. The summed E-state index contributed by atoms with van der Waals surface area (Å²) in [5, 5.41) is 5.50. The Morgan fingerprint density at radius 1 is 1.50 bits per heavy atom. The van der Waals surface area contributed by atoms with E-state index in [1.165, 1.54) is 4.90 Å². The molecule has 1 heterocycles. The number of carbonyl (C=O) groups excluding carboxylic acids is 2. The van der Waals surface area contributed by atoms with Crippen molar-refractivity contribution in [2.75, 3.05) is 37.5 Å². The summed E-state index contributed by atoms with van der Waals surface area (Å²) < 4.78 is 5.30. The molecule has 18 heavy (non-hydrogen) atoms. The third-order valence-corrected chi connectivity index (χ3v) is 2.67. The van der Waals surface area contributed by atoms with E-state index in [-0.39, 0.29) is 25.0 Å². The zero-order valence-corrected chi connectivity index (χ0v) is 10.3. The standard InChI is InChI=1S/C12H15N3O3/c1-13-6-11(16)14-8-3-4-10-9(5-8)15(2)12(17)7-18-10/h3-5,13H,6-7H2,1-2H3,(H,14,16). The first-order chi connectivity index (χ1) is 8.61. The van der Waals surface area contributed by atoms with E-state index in [0.29, 0.717) is 17.1 Å². The van der Waals surface area contributed by atoms with Crippen molar-refractivity contribution in [3.8, 4) is 5.75 Å². The molecule has 1 aliphatic heterocycles. The lowest BCUT2D eigenvalue weighted by Gasteiger charge is -2.26. The van der Waals surface area contributed by atoms with Crippen molar-refractivity contribution in [2.24, 2.45) is 0 Å². The second-order valence-electron chi connectivity index (χ2n) is 4.00. The van der Waals surface area contributed by atoms with Crippen LogP contribution in [0.1, 0.15) is 0 Å². The molecule has 0 unspecified atom stereocenters. The number of benzene rings is 1. The second-order valence-corrected chi connectivity index (χ2v) is 4.00. The van der Waals surface area contributed by atoms with Gasteiger partial charge in [-0.05, 0) is 25.2 Å². The number of ether oxygens (including phenoxy) is 1. The summed E-state index contributed by atoms with van der Waals surface area (Å²) in [4.78, 5) is 24.5. The molecule has 0 fully saturated rings. The minimum atomic E-state index is -0.136. The normalized spacial score (nSPS) is 13.9. The largest absolute Gasteiger partial charge is 0.482 e. The first kappa shape index (κ1) is 12.4. The Bertz CT molecular complexity index is 487. The van der Waals surface area contributed by atoms with Crippen LogP contribution in [0.15, 0.2) is 18.2 Å². The zero-order valence-electron chi connectivity index (χ0n) is 10.3. The molecule has 0 saturated carbocycles. The average Bonchev–Trinajstić information content (AvgIpc) is 2.35. The first-order valence-corrected chi connectivity index (χ1v) is 5.59. The molecule has 0 saturated heterocycles. The van der Waals surface area contributed by atoms with Crippen LogP contribution in [0, 0.1) is 0 Å². The van der Waals surface area contributed by atoms with Crippen LogP contribution in [0.2, 0.25) is 0 Å². The van der Waals surface area contributed by atoms with Crippen LogP contribution in [0.25, 0.3) is 0 Å². The summed E-state index contributed by atoms with van der Waals surface area (Å²) in [5.41, 5.74) is 1.30. The van der Waals surface area contributed by atoms with E-state index in [4.69, 9.17) is 4.74 Å². The number of hydrogen-bond acceptors (Lipinski definition) is 4. The maximum atomic E-state index is 11.5. The van der Waals surface area contributed by atoms with E-state index in [1.54, 1.807) is 32.3 Å². The van der Waals surface area contributed by atoms with Crippen molar-refractivity contribution >= 4 is 23.2 Å². The lowest BCUT2D eigenvalue weighted by atomic mass is 10.2. The first-order valence-electron chi connectivity index (χ1n) is 5.59. The maximum Gasteiger partial charge on any atom is 0.264 e. The molecule has 0 bridgehead atoms. The van der Waals surface area contributed by atoms with Crippen LogP contribution in [-0.4, -0.2) is 39.1 Å². The number of rotatable bonds is 3. The molecule has 0 spiro atoms. The minimum absolute atomic E-state index is 0.0506. The van der Waals surface area contributed by atoms with Crippen molar-refractivity contribution in [3.05, 3.63) is 18.2 Å². The van der Waals surface area contributed by atoms with Gasteiger partial charge in [0, 0.05) is 12.7 Å². The Kier molecular flexibility index (Phi) is 3.47. The average molecular weight is 249 g/mol. The van der Waals surface area contributed by atoms with Crippen LogP contribution >= 0.6 is 0 Å². The number of anilines is 2. The van der Waals surface area contributed by atoms with Crippen LogP contribution in [0.3, 0.4) is 0 Å². The smallest absolute Gasteiger partial charge is 0.264 e. The molecule has 2 rings (SSSR count). The molecule has 0 radical (unpaired) electrons. The molecule has 0 atom stereocenters. The summed E-state index contributed by atoms with van der Waals surface area (Å²) >= 11 is 0. The van der Waals surface area contributed by atoms with Gasteiger partial charge in [-0.2, -0.15) is 0 Å². The van der Waals surface area contributed by atoms with Gasteiger partial charge in [0.15, 0.2) is 6.61 Å². The van der Waals surface area contributed by atoms with Crippen molar-refractivity contribution in [1.82, 2.24) is 5.32 Å². The van der Waals surface area contributed by atoms with Gasteiger partial charge in [0.2, 0.25) is 5.91 Å². The molecule has 6 heteroatoms. The van der Waals surface area contributed by atoms with Crippen LogP contribution < -0.4 is 20.3 Å². The van der Waals surface area contributed by atoms with Gasteiger partial charge in [-0.25, -0.2) is 0 Å². The highest BCUT2D eigenvalue weighted by Gasteiger charge is 2.22. The second kappa shape index (κ2) is 5.05. The molecular formula is C12H15N3O3. The van der Waals surface area contributed by atoms with E-state index >= 15 is 0 Å². The molecule has 0 aromatic heterocycles. The summed E-state index contributed by atoms with van der Waals surface area (Å²) in [6.45, 7) is 0.289. The summed E-state index contributed by atoms with van der Waals surface area (Å²) in [6.07, 6.45) is 0. The highest BCUT2D eigenvalue weighted by Crippen LogP contribution is 2.33. The van der Waals surface area contributed by atoms with Crippen molar-refractivity contribution < 1.29 is 14.3 Å². The summed E-state index contributed by atoms with van der Waals surface area (Å²) in [7, 11) is 3.38. The molecule has 1 aliphatic rings. The van der Waals surface area contributed by atoms with E-state index in [0.717, 1.165) is 0 Å². The van der Waals surface area contributed by atoms with Crippen molar-refractivity contribution in [2.45, 2.75) is 0 Å². The van der Waals surface area contributed by atoms with Crippen molar-refractivity contribution in [3.63, 3.8) is 0 Å². The predicted molar refractivity (Wildman–Crippen MR) is 67.9 cm³/mol. The van der Waals surface area contributed by atoms with E-state index in [1.807, 2.05) is 0 Å². The Morgan fingerprint density at radius 3 is 3.00 bits per heavy atom. The van der Waals surface area contributed by atoms with E-state index in [9.17, 15) is 9.59 Å². The van der Waals surface area contributed by atoms with Gasteiger partial charge >= 0.3 is 0 Å². The number of hydrogen-bond donors (Lipinski definition) is 2. The molecule has 0 aliphatic carbocycles. The number of amides is 2. The Hall–Kier alpha value is -2.08. The predicted octanol–water partition coefficient (Wildman–Crippen LogP) is 0.200. The Balaban J connectivity index is 2.21. The number of fused-ring (bicyclic) bond motifs is 1. The van der Waals surface area contributed by atoms with Gasteiger partial charge in [0.1, 0.15) is 5.75 Å². The molecular weight excluding hydrogens is 234 g/mol. The number of nitrogens with zero attached hydrogens (tertiary/aromatic N) is 1. The van der Waals surface area contributed by atoms with E-state index in [2.05, 4.69) is 10.6 Å². The lowest BCUT2D eigenvalue weighted by Crippen LogP contribution is -2.35. The lowest BCUT2D eigenvalue weighted by molar-refractivity contribution is -0.121. The van der Waals surface area contributed by atoms with Crippen LogP contribution in [-0.2, 0) is 9.59 Å². The molecule has 6 nitrogen and oxygen atoms in total. The van der Waals surface area contributed by atoms with Crippen LogP contribution in [0.5, 0.6) is 5.75 Å². The van der Waals surface area contributed by atoms with Crippen LogP contribution in [0.4, 0.5) is 11.4 Å². The van der Waals surface area contributed by atoms with E-state index < -0.39 is 0 Å². The molecule has 1 aromatic carbocycles. The fraction of sp³-hybridized carbons (Fsp3) is 0.333. The summed E-state index contributed by atoms with van der Waals surface area (Å²) in [6, 6.07) is 5.21. The fourth-order valence-corrected chi connectivity index (χ4v) is 1.72. The maximum absolute atomic E-state index is 11.5. The van der Waals surface area contributed by atoms with Crippen molar-refractivity contribution in [1.29, 1.82) is 0 Å². The Labute approximate surface area is 105 Å². The number of likely N-dealkylation sites (N-methyl/N-ethyl adjacent to an activating group) is 2. The monoisotopic (exact) mass is 249 g/mol. The van der Waals surface area contributed by atoms with Gasteiger partial charge in [-0.1, -0.05) is 0 Å². The highest BCUT2D eigenvalue weighted by molar-refractivity contribution is 5.99. The Morgan fingerprint density at radius 2 is 2.28 bits per heavy atom. The van der Waals surface area contributed by atoms with Gasteiger partial charge in [0.05, 0.1) is 12.2 Å². The van der Waals surface area contributed by atoms with Gasteiger partial charge in [0.25, 0.3) is 5.91 Å². The van der Waals surface area contributed by atoms with Gasteiger partial charge < -0.3 is 20.3 Å². The summed E-state index contributed by atoms with van der Waals surface area (Å²) in [5.74, 6) is 0.396. The topological polar surface area (TPSA) is 70.7 Å². The number of carbonyl (C=O) groups is 2. The third-order valence-electron chi connectivity index (χ3n) is 2.67.